The zero-order valence-electron chi connectivity index (χ0n) is 26.4. The normalized spacial score (nSPS) is 22.6. The lowest BCUT2D eigenvalue weighted by atomic mass is 9.74. The molecule has 3 unspecified atom stereocenters. The SMILES string of the molecule is CC1CC=C(C2=CC(C3C=CC=C4c5ccccc5N(c5ccccc5)[C@@H]43)CC=C2)c2c1c1ccccc1n2-c1ccccc1C#N. The van der Waals surface area contributed by atoms with Crippen molar-refractivity contribution in [3.05, 3.63) is 174 Å². The first-order chi connectivity index (χ1) is 23.2. The van der Waals surface area contributed by atoms with Gasteiger partial charge in [-0.3, -0.25) is 0 Å². The van der Waals surface area contributed by atoms with Crippen LogP contribution in [0, 0.1) is 23.2 Å². The average molecular weight is 606 g/mol. The van der Waals surface area contributed by atoms with Gasteiger partial charge < -0.3 is 9.47 Å². The maximum atomic E-state index is 10.2. The minimum Gasteiger partial charge on any atom is -0.333 e. The Labute approximate surface area is 276 Å². The third kappa shape index (κ3) is 4.25. The molecular weight excluding hydrogens is 571 g/mol. The first-order valence-electron chi connectivity index (χ1n) is 16.8. The number of nitrogens with zero attached hydrogens (tertiary/aromatic N) is 3. The molecule has 0 saturated carbocycles. The van der Waals surface area contributed by atoms with Crippen LogP contribution < -0.4 is 4.90 Å². The number of hydrogen-bond donors (Lipinski definition) is 0. The molecule has 0 radical (unpaired) electrons. The smallest absolute Gasteiger partial charge is 0.101 e. The largest absolute Gasteiger partial charge is 0.333 e. The summed E-state index contributed by atoms with van der Waals surface area (Å²) in [6, 6.07) is 39.2. The van der Waals surface area contributed by atoms with Gasteiger partial charge in [-0.15, -0.1) is 0 Å². The van der Waals surface area contributed by atoms with Crippen molar-refractivity contribution in [1.29, 1.82) is 5.26 Å². The number of benzene rings is 4. The highest BCUT2D eigenvalue weighted by Gasteiger charge is 2.42. The number of aromatic nitrogens is 1. The molecule has 0 spiro atoms. The molecule has 4 aromatic carbocycles. The Bertz CT molecular complexity index is 2250. The molecule has 0 fully saturated rings. The van der Waals surface area contributed by atoms with Gasteiger partial charge in [0.1, 0.15) is 6.07 Å². The highest BCUT2D eigenvalue weighted by atomic mass is 15.2. The monoisotopic (exact) mass is 605 g/mol. The Morgan fingerprint density at radius 2 is 1.57 bits per heavy atom. The van der Waals surface area contributed by atoms with Crippen LogP contribution in [0.25, 0.3) is 27.7 Å². The van der Waals surface area contributed by atoms with Gasteiger partial charge >= 0.3 is 0 Å². The van der Waals surface area contributed by atoms with Crippen LogP contribution >= 0.6 is 0 Å². The van der Waals surface area contributed by atoms with Crippen molar-refractivity contribution in [1.82, 2.24) is 4.57 Å². The van der Waals surface area contributed by atoms with Gasteiger partial charge in [0.05, 0.1) is 28.5 Å². The molecule has 0 N–H and O–H groups in total. The second-order valence-corrected chi connectivity index (χ2v) is 13.2. The van der Waals surface area contributed by atoms with E-state index in [9.17, 15) is 5.26 Å². The lowest BCUT2D eigenvalue weighted by Gasteiger charge is -2.38. The van der Waals surface area contributed by atoms with Crippen molar-refractivity contribution in [2.75, 3.05) is 4.90 Å². The maximum absolute atomic E-state index is 10.2. The fourth-order valence-corrected chi connectivity index (χ4v) is 8.56. The Morgan fingerprint density at radius 1 is 0.809 bits per heavy atom. The number of anilines is 2. The molecule has 0 amide bonds. The summed E-state index contributed by atoms with van der Waals surface area (Å²) in [6.07, 6.45) is 18.8. The molecule has 9 rings (SSSR count). The van der Waals surface area contributed by atoms with Crippen molar-refractivity contribution < 1.29 is 0 Å². The minimum absolute atomic E-state index is 0.221. The van der Waals surface area contributed by atoms with E-state index in [-0.39, 0.29) is 6.04 Å². The number of fused-ring (bicyclic) bond motifs is 6. The van der Waals surface area contributed by atoms with E-state index >= 15 is 0 Å². The van der Waals surface area contributed by atoms with Gasteiger partial charge in [0, 0.05) is 33.8 Å². The van der Waals surface area contributed by atoms with E-state index in [0.29, 0.717) is 23.3 Å². The van der Waals surface area contributed by atoms with Gasteiger partial charge in [0.15, 0.2) is 0 Å². The van der Waals surface area contributed by atoms with E-state index in [1.807, 2.05) is 18.2 Å². The van der Waals surface area contributed by atoms with Gasteiger partial charge in [-0.25, -0.2) is 0 Å². The van der Waals surface area contributed by atoms with E-state index in [1.165, 1.54) is 50.3 Å². The molecule has 5 aromatic rings. The molecule has 0 saturated heterocycles. The number of allylic oxidation sites excluding steroid dienone is 8. The van der Waals surface area contributed by atoms with Gasteiger partial charge in [0.2, 0.25) is 0 Å². The van der Waals surface area contributed by atoms with E-state index in [1.54, 1.807) is 0 Å². The zero-order chi connectivity index (χ0) is 31.5. The van der Waals surface area contributed by atoms with Gasteiger partial charge in [0.25, 0.3) is 0 Å². The van der Waals surface area contributed by atoms with Crippen molar-refractivity contribution in [3.63, 3.8) is 0 Å². The third-order valence-electron chi connectivity index (χ3n) is 10.6. The number of hydrogen-bond acceptors (Lipinski definition) is 2. The molecule has 1 aromatic heterocycles. The molecule has 1 aliphatic heterocycles. The Morgan fingerprint density at radius 3 is 2.45 bits per heavy atom. The summed E-state index contributed by atoms with van der Waals surface area (Å²) in [7, 11) is 0. The van der Waals surface area contributed by atoms with E-state index in [0.717, 1.165) is 24.0 Å². The van der Waals surface area contributed by atoms with Crippen LogP contribution in [-0.4, -0.2) is 10.6 Å². The summed E-state index contributed by atoms with van der Waals surface area (Å²) in [6.45, 7) is 2.34. The lowest BCUT2D eigenvalue weighted by molar-refractivity contribution is 0.440. The first-order valence-corrected chi connectivity index (χ1v) is 16.8. The molecule has 4 atom stereocenters. The summed E-state index contributed by atoms with van der Waals surface area (Å²) in [5.41, 5.74) is 13.2. The van der Waals surface area contributed by atoms with Gasteiger partial charge in [-0.2, -0.15) is 5.26 Å². The van der Waals surface area contributed by atoms with Gasteiger partial charge in [-0.1, -0.05) is 116 Å². The predicted molar refractivity (Wildman–Crippen MR) is 194 cm³/mol. The van der Waals surface area contributed by atoms with E-state index < -0.39 is 0 Å². The Balaban J connectivity index is 1.18. The van der Waals surface area contributed by atoms with Gasteiger partial charge in [-0.05, 0) is 77.8 Å². The standard InChI is InChI=1S/C44H35N3/c1-29-25-26-35(44-42(29)38-19-7-10-24-41(38)47(44)39-22-8-5-13-32(39)28-45)31-15-11-14-30(27-31)34-20-12-21-37-36-18-6-9-23-40(36)46(43(34)37)33-16-3-2-4-17-33/h2-13,15-24,26-27,29-30,34,43H,14,25H2,1H3/t29?,30?,34?,43-/m1/s1. The Kier molecular flexibility index (Phi) is 6.50. The molecule has 226 valence electrons. The zero-order valence-corrected chi connectivity index (χ0v) is 26.4. The highest BCUT2D eigenvalue weighted by molar-refractivity contribution is 5.98. The molecule has 0 bridgehead atoms. The lowest BCUT2D eigenvalue weighted by Crippen LogP contribution is -2.38. The number of nitriles is 1. The average Bonchev–Trinajstić information content (AvgIpc) is 3.66. The molecule has 3 nitrogen and oxygen atoms in total. The topological polar surface area (TPSA) is 32.0 Å². The molecule has 47 heavy (non-hydrogen) atoms. The molecule has 2 heterocycles. The van der Waals surface area contributed by atoms with Crippen molar-refractivity contribution in [2.24, 2.45) is 11.8 Å². The van der Waals surface area contributed by atoms with Crippen LogP contribution in [0.4, 0.5) is 11.4 Å². The van der Waals surface area contributed by atoms with Crippen LogP contribution in [-0.2, 0) is 0 Å². The fourth-order valence-electron chi connectivity index (χ4n) is 8.56. The highest BCUT2D eigenvalue weighted by Crippen LogP contribution is 2.52. The molecule has 3 heteroatoms. The third-order valence-corrected chi connectivity index (χ3v) is 10.6. The number of rotatable bonds is 4. The summed E-state index contributed by atoms with van der Waals surface area (Å²) in [4.78, 5) is 2.57. The molecule has 4 aliphatic rings. The minimum atomic E-state index is 0.221. The van der Waals surface area contributed by atoms with E-state index in [2.05, 4.69) is 150 Å². The molecular formula is C44H35N3. The first kappa shape index (κ1) is 27.7. The summed E-state index contributed by atoms with van der Waals surface area (Å²) in [5.74, 6) is 1.01. The van der Waals surface area contributed by atoms with Crippen molar-refractivity contribution in [2.45, 2.75) is 31.7 Å². The van der Waals surface area contributed by atoms with Crippen LogP contribution in [0.5, 0.6) is 0 Å². The second-order valence-electron chi connectivity index (χ2n) is 13.2. The molecule has 3 aliphatic carbocycles. The van der Waals surface area contributed by atoms with Crippen LogP contribution in [0.2, 0.25) is 0 Å². The maximum Gasteiger partial charge on any atom is 0.101 e. The van der Waals surface area contributed by atoms with Crippen molar-refractivity contribution >= 4 is 33.4 Å². The fraction of sp³-hybridized carbons (Fsp3) is 0.159. The van der Waals surface area contributed by atoms with E-state index in [4.69, 9.17) is 0 Å². The summed E-state index contributed by atoms with van der Waals surface area (Å²) in [5, 5.41) is 11.4. The predicted octanol–water partition coefficient (Wildman–Crippen LogP) is 10.7. The second kappa shape index (κ2) is 11.0. The number of para-hydroxylation sites is 4. The Hall–Kier alpha value is -5.59. The van der Waals surface area contributed by atoms with Crippen LogP contribution in [0.3, 0.4) is 0 Å². The van der Waals surface area contributed by atoms with Crippen LogP contribution in [0.1, 0.15) is 48.1 Å². The van der Waals surface area contributed by atoms with Crippen LogP contribution in [0.15, 0.2) is 151 Å². The summed E-state index contributed by atoms with van der Waals surface area (Å²) >= 11 is 0. The van der Waals surface area contributed by atoms with Crippen molar-refractivity contribution in [3.8, 4) is 11.8 Å². The summed E-state index contributed by atoms with van der Waals surface area (Å²) < 4.78 is 2.36. The quantitative estimate of drug-likeness (QED) is 0.204.